The van der Waals surface area contributed by atoms with Gasteiger partial charge in [0.25, 0.3) is 0 Å². The molecule has 2 nitrogen and oxygen atoms in total. The summed E-state index contributed by atoms with van der Waals surface area (Å²) in [5.41, 5.74) is -0.000324. The van der Waals surface area contributed by atoms with Crippen LogP contribution in [0.15, 0.2) is 0 Å². The third-order valence-electron chi connectivity index (χ3n) is 4.35. The summed E-state index contributed by atoms with van der Waals surface area (Å²) in [4.78, 5) is 0. The maximum Gasteiger partial charge on any atom is 0.0689 e. The van der Waals surface area contributed by atoms with Crippen molar-refractivity contribution in [1.29, 1.82) is 5.26 Å². The molecule has 1 saturated heterocycles. The third kappa shape index (κ3) is 2.77. The van der Waals surface area contributed by atoms with Gasteiger partial charge in [-0.3, -0.25) is 0 Å². The van der Waals surface area contributed by atoms with Crippen molar-refractivity contribution in [3.05, 3.63) is 0 Å². The normalized spacial score (nSPS) is 36.9. The fraction of sp³-hybridized carbons (Fsp3) is 0.929. The molecule has 0 radical (unpaired) electrons. The van der Waals surface area contributed by atoms with Gasteiger partial charge in [-0.2, -0.15) is 5.26 Å². The quantitative estimate of drug-likeness (QED) is 0.714. The van der Waals surface area contributed by atoms with E-state index in [-0.39, 0.29) is 5.41 Å². The van der Waals surface area contributed by atoms with Crippen LogP contribution in [0.1, 0.15) is 51.9 Å². The summed E-state index contributed by atoms with van der Waals surface area (Å²) < 4.78 is 5.39. The molecule has 0 N–H and O–H groups in total. The van der Waals surface area contributed by atoms with E-state index in [4.69, 9.17) is 4.74 Å². The number of hydrogen-bond acceptors (Lipinski definition) is 2. The molecule has 2 atom stereocenters. The summed E-state index contributed by atoms with van der Waals surface area (Å²) in [6, 6.07) is 2.65. The molecule has 0 aromatic rings. The van der Waals surface area contributed by atoms with Crippen LogP contribution in [0.3, 0.4) is 0 Å². The van der Waals surface area contributed by atoms with Gasteiger partial charge in [-0.1, -0.05) is 19.8 Å². The molecule has 1 aliphatic carbocycles. The van der Waals surface area contributed by atoms with Crippen LogP contribution in [0.4, 0.5) is 0 Å². The Morgan fingerprint density at radius 1 is 1.31 bits per heavy atom. The van der Waals surface area contributed by atoms with E-state index in [2.05, 4.69) is 13.0 Å². The first-order chi connectivity index (χ1) is 7.74. The molecule has 90 valence electrons. The minimum atomic E-state index is -0.000324. The molecule has 16 heavy (non-hydrogen) atoms. The molecule has 0 amide bonds. The van der Waals surface area contributed by atoms with Crippen molar-refractivity contribution in [3.63, 3.8) is 0 Å². The van der Waals surface area contributed by atoms with Crippen LogP contribution in [-0.4, -0.2) is 13.2 Å². The van der Waals surface area contributed by atoms with Gasteiger partial charge in [0, 0.05) is 13.2 Å². The van der Waals surface area contributed by atoms with Crippen molar-refractivity contribution in [2.75, 3.05) is 13.2 Å². The first-order valence-electron chi connectivity index (χ1n) is 6.73. The van der Waals surface area contributed by atoms with Gasteiger partial charge in [0.15, 0.2) is 0 Å². The Morgan fingerprint density at radius 3 is 2.69 bits per heavy atom. The maximum atomic E-state index is 9.51. The Labute approximate surface area is 99.0 Å². The second-order valence-corrected chi connectivity index (χ2v) is 5.85. The zero-order valence-electron chi connectivity index (χ0n) is 10.4. The van der Waals surface area contributed by atoms with Crippen molar-refractivity contribution in [2.45, 2.75) is 51.9 Å². The van der Waals surface area contributed by atoms with E-state index in [0.717, 1.165) is 57.2 Å². The molecule has 2 fully saturated rings. The molecule has 1 saturated carbocycles. The van der Waals surface area contributed by atoms with Gasteiger partial charge < -0.3 is 4.74 Å². The Hall–Kier alpha value is -0.550. The third-order valence-corrected chi connectivity index (χ3v) is 4.35. The lowest BCUT2D eigenvalue weighted by Crippen LogP contribution is -2.30. The standard InChI is InChI=1S/C14H23NO/c1-12-3-2-6-14(9-12,11-15)10-13-4-7-16-8-5-13/h12-13H,2-10H2,1H3. The lowest BCUT2D eigenvalue weighted by Gasteiger charge is -2.37. The zero-order valence-corrected chi connectivity index (χ0v) is 10.4. The van der Waals surface area contributed by atoms with Crippen LogP contribution in [0.2, 0.25) is 0 Å². The monoisotopic (exact) mass is 221 g/mol. The molecule has 2 aliphatic rings. The summed E-state index contributed by atoms with van der Waals surface area (Å²) in [6.07, 6.45) is 8.27. The molecule has 2 heteroatoms. The fourth-order valence-corrected chi connectivity index (χ4v) is 3.50. The second-order valence-electron chi connectivity index (χ2n) is 5.85. The van der Waals surface area contributed by atoms with E-state index >= 15 is 0 Å². The Morgan fingerprint density at radius 2 is 2.06 bits per heavy atom. The fourth-order valence-electron chi connectivity index (χ4n) is 3.50. The number of rotatable bonds is 2. The van der Waals surface area contributed by atoms with Crippen molar-refractivity contribution in [1.82, 2.24) is 0 Å². The molecular weight excluding hydrogens is 198 g/mol. The zero-order chi connectivity index (χ0) is 11.4. The van der Waals surface area contributed by atoms with Gasteiger partial charge in [0.1, 0.15) is 0 Å². The highest BCUT2D eigenvalue weighted by molar-refractivity contribution is 5.02. The van der Waals surface area contributed by atoms with Gasteiger partial charge in [0.05, 0.1) is 11.5 Å². The van der Waals surface area contributed by atoms with Crippen LogP contribution >= 0.6 is 0 Å². The van der Waals surface area contributed by atoms with Crippen LogP contribution in [0, 0.1) is 28.6 Å². The highest BCUT2D eigenvalue weighted by atomic mass is 16.5. The van der Waals surface area contributed by atoms with Gasteiger partial charge in [-0.25, -0.2) is 0 Å². The first-order valence-corrected chi connectivity index (χ1v) is 6.73. The number of hydrogen-bond donors (Lipinski definition) is 0. The molecule has 1 aliphatic heterocycles. The van der Waals surface area contributed by atoms with E-state index in [1.54, 1.807) is 0 Å². The minimum Gasteiger partial charge on any atom is -0.381 e. The summed E-state index contributed by atoms with van der Waals surface area (Å²) >= 11 is 0. The lowest BCUT2D eigenvalue weighted by atomic mass is 9.66. The molecule has 2 rings (SSSR count). The maximum absolute atomic E-state index is 9.51. The van der Waals surface area contributed by atoms with E-state index in [9.17, 15) is 5.26 Å². The van der Waals surface area contributed by atoms with Gasteiger partial charge >= 0.3 is 0 Å². The molecule has 0 bridgehead atoms. The van der Waals surface area contributed by atoms with Crippen molar-refractivity contribution >= 4 is 0 Å². The average Bonchev–Trinajstić information content (AvgIpc) is 2.30. The van der Waals surface area contributed by atoms with Crippen LogP contribution in [0.25, 0.3) is 0 Å². The Kier molecular flexibility index (Phi) is 3.86. The Balaban J connectivity index is 1.95. The van der Waals surface area contributed by atoms with Gasteiger partial charge in [0.2, 0.25) is 0 Å². The smallest absolute Gasteiger partial charge is 0.0689 e. The summed E-state index contributed by atoms with van der Waals surface area (Å²) in [5, 5.41) is 9.51. The van der Waals surface area contributed by atoms with Gasteiger partial charge in [-0.15, -0.1) is 0 Å². The summed E-state index contributed by atoms with van der Waals surface area (Å²) in [5.74, 6) is 1.48. The van der Waals surface area contributed by atoms with E-state index in [1.165, 1.54) is 12.8 Å². The number of nitrogens with zero attached hydrogens (tertiary/aromatic N) is 1. The molecular formula is C14H23NO. The van der Waals surface area contributed by atoms with Crippen molar-refractivity contribution < 1.29 is 4.74 Å². The van der Waals surface area contributed by atoms with E-state index < -0.39 is 0 Å². The average molecular weight is 221 g/mol. The van der Waals surface area contributed by atoms with Crippen LogP contribution in [0.5, 0.6) is 0 Å². The molecule has 0 spiro atoms. The Bertz CT molecular complexity index is 264. The molecule has 0 aromatic carbocycles. The van der Waals surface area contributed by atoms with E-state index in [0.29, 0.717) is 0 Å². The van der Waals surface area contributed by atoms with Crippen molar-refractivity contribution in [2.24, 2.45) is 17.3 Å². The topological polar surface area (TPSA) is 33.0 Å². The molecule has 2 unspecified atom stereocenters. The minimum absolute atomic E-state index is 0.000324. The molecule has 1 heterocycles. The SMILES string of the molecule is CC1CCCC(C#N)(CC2CCOCC2)C1. The highest BCUT2D eigenvalue weighted by Crippen LogP contribution is 2.44. The summed E-state index contributed by atoms with van der Waals surface area (Å²) in [7, 11) is 0. The highest BCUT2D eigenvalue weighted by Gasteiger charge is 2.37. The lowest BCUT2D eigenvalue weighted by molar-refractivity contribution is 0.0453. The predicted octanol–water partition coefficient (Wildman–Crippen LogP) is 3.52. The largest absolute Gasteiger partial charge is 0.381 e. The number of nitriles is 1. The number of ether oxygens (including phenoxy) is 1. The van der Waals surface area contributed by atoms with Crippen molar-refractivity contribution in [3.8, 4) is 6.07 Å². The van der Waals surface area contributed by atoms with Crippen LogP contribution in [-0.2, 0) is 4.74 Å². The molecule has 0 aromatic heterocycles. The van der Waals surface area contributed by atoms with Crippen LogP contribution < -0.4 is 0 Å². The summed E-state index contributed by atoms with van der Waals surface area (Å²) in [6.45, 7) is 4.11. The van der Waals surface area contributed by atoms with E-state index in [1.807, 2.05) is 0 Å². The van der Waals surface area contributed by atoms with Gasteiger partial charge in [-0.05, 0) is 43.9 Å². The second kappa shape index (κ2) is 5.19. The predicted molar refractivity (Wildman–Crippen MR) is 63.8 cm³/mol. The first kappa shape index (κ1) is 11.9.